The van der Waals surface area contributed by atoms with Crippen molar-refractivity contribution in [3.05, 3.63) is 36.0 Å². The number of fused-ring (bicyclic) bond motifs is 1. The molecule has 0 unspecified atom stereocenters. The molecule has 2 rings (SSSR count). The molecule has 2 aromatic rings. The fourth-order valence-corrected chi connectivity index (χ4v) is 1.25. The average molecular weight is 185 g/mol. The number of hydrogen-bond donors (Lipinski definition) is 2. The van der Waals surface area contributed by atoms with Crippen molar-refractivity contribution in [1.82, 2.24) is 4.98 Å². The van der Waals surface area contributed by atoms with Gasteiger partial charge in [0.25, 0.3) is 0 Å². The molecule has 0 fully saturated rings. The van der Waals surface area contributed by atoms with Gasteiger partial charge >= 0.3 is 35.5 Å². The smallest absolute Gasteiger partial charge is 1.00 e. The maximum absolute atomic E-state index is 10.7. The monoisotopic (exact) mass is 185 g/mol. The number of benzene rings is 1. The molecule has 1 aromatic heterocycles. The Morgan fingerprint density at radius 1 is 1.38 bits per heavy atom. The predicted octanol–water partition coefficient (Wildman–Crippen LogP) is -1.02. The minimum absolute atomic E-state index is 0. The zero-order valence-corrected chi connectivity index (χ0v) is 9.24. The Kier molecular flexibility index (Phi) is 3.14. The summed E-state index contributed by atoms with van der Waals surface area (Å²) in [4.78, 5) is 13.5. The van der Waals surface area contributed by atoms with Gasteiger partial charge in [-0.15, -0.1) is 0 Å². The standard InChI is InChI=1S/C9H7NO2.Na.H/c11-9(12)7-5-10-8-4-2-1-3-6(7)8;;/h1-5,10H,(H,11,12);;/q;+1;-1. The summed E-state index contributed by atoms with van der Waals surface area (Å²) in [5.41, 5.74) is 1.18. The molecular formula is C9H8NNaO2. The number of aromatic carboxylic acids is 1. The normalized spacial score (nSPS) is 9.54. The van der Waals surface area contributed by atoms with Crippen LogP contribution in [0.5, 0.6) is 0 Å². The quantitative estimate of drug-likeness (QED) is 0.559. The molecule has 3 nitrogen and oxygen atoms in total. The minimum atomic E-state index is -0.896. The van der Waals surface area contributed by atoms with E-state index in [4.69, 9.17) is 5.11 Å². The van der Waals surface area contributed by atoms with Gasteiger partial charge in [-0.05, 0) is 6.07 Å². The van der Waals surface area contributed by atoms with E-state index in [1.54, 1.807) is 6.07 Å². The first-order chi connectivity index (χ1) is 5.79. The Morgan fingerprint density at radius 2 is 2.08 bits per heavy atom. The third kappa shape index (κ3) is 1.77. The molecule has 2 N–H and O–H groups in total. The van der Waals surface area contributed by atoms with Crippen LogP contribution in [0.4, 0.5) is 0 Å². The van der Waals surface area contributed by atoms with Gasteiger partial charge in [-0.25, -0.2) is 4.79 Å². The molecule has 0 aliphatic carbocycles. The molecule has 0 aliphatic rings. The summed E-state index contributed by atoms with van der Waals surface area (Å²) in [6, 6.07) is 7.32. The summed E-state index contributed by atoms with van der Waals surface area (Å²) in [7, 11) is 0. The molecule has 1 heterocycles. The maximum atomic E-state index is 10.7. The number of H-pyrrole nitrogens is 1. The fourth-order valence-electron chi connectivity index (χ4n) is 1.25. The van der Waals surface area contributed by atoms with Crippen LogP contribution in [-0.2, 0) is 0 Å². The van der Waals surface area contributed by atoms with Crippen molar-refractivity contribution in [2.45, 2.75) is 0 Å². The van der Waals surface area contributed by atoms with Gasteiger partial charge in [-0.2, -0.15) is 0 Å². The molecule has 62 valence electrons. The van der Waals surface area contributed by atoms with E-state index >= 15 is 0 Å². The molecule has 4 heteroatoms. The number of aromatic nitrogens is 1. The van der Waals surface area contributed by atoms with Crippen LogP contribution in [0.2, 0.25) is 0 Å². The van der Waals surface area contributed by atoms with Crippen molar-refractivity contribution >= 4 is 16.9 Å². The van der Waals surface area contributed by atoms with E-state index in [0.29, 0.717) is 5.56 Å². The van der Waals surface area contributed by atoms with Crippen molar-refractivity contribution in [3.63, 3.8) is 0 Å². The zero-order valence-electron chi connectivity index (χ0n) is 8.24. The van der Waals surface area contributed by atoms with Crippen molar-refractivity contribution < 1.29 is 40.9 Å². The maximum Gasteiger partial charge on any atom is 1.00 e. The molecule has 0 bridgehead atoms. The summed E-state index contributed by atoms with van der Waals surface area (Å²) in [5.74, 6) is -0.896. The van der Waals surface area contributed by atoms with Gasteiger partial charge in [0.05, 0.1) is 5.56 Å². The van der Waals surface area contributed by atoms with E-state index in [1.165, 1.54) is 6.20 Å². The van der Waals surface area contributed by atoms with E-state index in [0.717, 1.165) is 10.9 Å². The second-order valence-corrected chi connectivity index (χ2v) is 2.55. The fraction of sp³-hybridized carbons (Fsp3) is 0. The van der Waals surface area contributed by atoms with Crippen molar-refractivity contribution in [2.24, 2.45) is 0 Å². The van der Waals surface area contributed by atoms with Gasteiger partial charge in [-0.1, -0.05) is 18.2 Å². The number of carboxylic acid groups (broad SMARTS) is 1. The van der Waals surface area contributed by atoms with Crippen LogP contribution in [0.15, 0.2) is 30.5 Å². The number of carbonyl (C=O) groups is 1. The van der Waals surface area contributed by atoms with Crippen LogP contribution in [0.1, 0.15) is 11.8 Å². The van der Waals surface area contributed by atoms with E-state index in [2.05, 4.69) is 4.98 Å². The summed E-state index contributed by atoms with van der Waals surface area (Å²) < 4.78 is 0. The molecule has 0 radical (unpaired) electrons. The summed E-state index contributed by atoms with van der Waals surface area (Å²) in [5, 5.41) is 9.51. The summed E-state index contributed by atoms with van der Waals surface area (Å²) in [6.45, 7) is 0. The Hall–Kier alpha value is -0.770. The Balaban J connectivity index is 0.000000845. The molecule has 0 saturated heterocycles. The molecule has 0 spiro atoms. The van der Waals surface area contributed by atoms with Crippen LogP contribution in [0.3, 0.4) is 0 Å². The molecule has 0 amide bonds. The summed E-state index contributed by atoms with van der Waals surface area (Å²) in [6.07, 6.45) is 1.51. The molecule has 1 aromatic carbocycles. The van der Waals surface area contributed by atoms with Crippen molar-refractivity contribution in [3.8, 4) is 0 Å². The number of para-hydroxylation sites is 1. The van der Waals surface area contributed by atoms with Crippen molar-refractivity contribution in [2.75, 3.05) is 0 Å². The second kappa shape index (κ2) is 3.96. The molecule has 0 saturated carbocycles. The van der Waals surface area contributed by atoms with Gasteiger partial charge < -0.3 is 11.5 Å². The van der Waals surface area contributed by atoms with Crippen LogP contribution >= 0.6 is 0 Å². The van der Waals surface area contributed by atoms with Gasteiger partial charge in [0, 0.05) is 17.1 Å². The largest absolute Gasteiger partial charge is 1.00 e. The van der Waals surface area contributed by atoms with Crippen LogP contribution < -0.4 is 29.6 Å². The number of hydrogen-bond acceptors (Lipinski definition) is 1. The number of aromatic amines is 1. The van der Waals surface area contributed by atoms with E-state index in [-0.39, 0.29) is 31.0 Å². The predicted molar refractivity (Wildman–Crippen MR) is 46.4 cm³/mol. The number of carboxylic acids is 1. The minimum Gasteiger partial charge on any atom is -1.00 e. The summed E-state index contributed by atoms with van der Waals surface area (Å²) >= 11 is 0. The van der Waals surface area contributed by atoms with Crippen LogP contribution in [0.25, 0.3) is 10.9 Å². The van der Waals surface area contributed by atoms with Gasteiger partial charge in [0.2, 0.25) is 0 Å². The number of rotatable bonds is 1. The van der Waals surface area contributed by atoms with E-state index in [9.17, 15) is 4.79 Å². The SMILES string of the molecule is O=C(O)c1c[nH]c2ccccc12.[H-].[Na+]. The van der Waals surface area contributed by atoms with Gasteiger partial charge in [0.15, 0.2) is 0 Å². The van der Waals surface area contributed by atoms with E-state index in [1.807, 2.05) is 18.2 Å². The second-order valence-electron chi connectivity index (χ2n) is 2.55. The average Bonchev–Trinajstić information content (AvgIpc) is 2.47. The Labute approximate surface area is 98.5 Å². The van der Waals surface area contributed by atoms with Crippen molar-refractivity contribution in [1.29, 1.82) is 0 Å². The number of nitrogens with one attached hydrogen (secondary N) is 1. The molecule has 0 aliphatic heterocycles. The van der Waals surface area contributed by atoms with Crippen LogP contribution in [-0.4, -0.2) is 16.1 Å². The molecule has 13 heavy (non-hydrogen) atoms. The third-order valence-corrected chi connectivity index (χ3v) is 1.82. The topological polar surface area (TPSA) is 53.1 Å². The van der Waals surface area contributed by atoms with Gasteiger partial charge in [-0.3, -0.25) is 0 Å². The van der Waals surface area contributed by atoms with E-state index < -0.39 is 5.97 Å². The molecule has 0 atom stereocenters. The first kappa shape index (κ1) is 10.3. The Morgan fingerprint density at radius 3 is 2.77 bits per heavy atom. The first-order valence-electron chi connectivity index (χ1n) is 3.58. The first-order valence-corrected chi connectivity index (χ1v) is 3.58. The molecular weight excluding hydrogens is 177 g/mol. The van der Waals surface area contributed by atoms with Crippen LogP contribution in [0, 0.1) is 0 Å². The zero-order chi connectivity index (χ0) is 8.55. The third-order valence-electron chi connectivity index (χ3n) is 1.82. The Bertz CT molecular complexity index is 441. The van der Waals surface area contributed by atoms with Gasteiger partial charge in [0.1, 0.15) is 0 Å².